The Bertz CT molecular complexity index is 172. The molecule has 0 aromatic heterocycles. The van der Waals surface area contributed by atoms with Gasteiger partial charge in [-0.3, -0.25) is 0 Å². The van der Waals surface area contributed by atoms with Crippen LogP contribution < -0.4 is 5.32 Å². The van der Waals surface area contributed by atoms with Crippen LogP contribution in [0.15, 0.2) is 0 Å². The van der Waals surface area contributed by atoms with Crippen LogP contribution in [0, 0.1) is 11.8 Å². The smallest absolute Gasteiger partial charge is 0.0754 e. The molecule has 0 aliphatic carbocycles. The van der Waals surface area contributed by atoms with E-state index in [1.54, 1.807) is 0 Å². The molecule has 0 radical (unpaired) electrons. The molecule has 15 heavy (non-hydrogen) atoms. The molecule has 90 valence electrons. The molecule has 1 N–H and O–H groups in total. The van der Waals surface area contributed by atoms with Gasteiger partial charge in [0.15, 0.2) is 0 Å². The Hall–Kier alpha value is -0.0800. The minimum Gasteiger partial charge on any atom is -0.376 e. The van der Waals surface area contributed by atoms with Gasteiger partial charge in [-0.1, -0.05) is 34.1 Å². The summed E-state index contributed by atoms with van der Waals surface area (Å²) in [7, 11) is 0. The molecule has 0 saturated carbocycles. The fourth-order valence-electron chi connectivity index (χ4n) is 2.43. The molecular weight excluding hydrogens is 186 g/mol. The molecule has 0 bridgehead atoms. The van der Waals surface area contributed by atoms with Crippen LogP contribution in [0.5, 0.6) is 0 Å². The number of rotatable bonds is 6. The van der Waals surface area contributed by atoms with E-state index in [9.17, 15) is 0 Å². The van der Waals surface area contributed by atoms with Crippen LogP contribution >= 0.6 is 0 Å². The second kappa shape index (κ2) is 6.49. The molecule has 4 atom stereocenters. The lowest BCUT2D eigenvalue weighted by molar-refractivity contribution is 0.0538. The summed E-state index contributed by atoms with van der Waals surface area (Å²) in [6.45, 7) is 11.1. The number of ether oxygens (including phenoxy) is 1. The Kier molecular flexibility index (Phi) is 5.62. The lowest BCUT2D eigenvalue weighted by Gasteiger charge is -2.28. The van der Waals surface area contributed by atoms with Crippen molar-refractivity contribution in [1.82, 2.24) is 5.32 Å². The first-order chi connectivity index (χ1) is 7.19. The largest absolute Gasteiger partial charge is 0.376 e. The van der Waals surface area contributed by atoms with E-state index >= 15 is 0 Å². The van der Waals surface area contributed by atoms with Crippen molar-refractivity contribution in [2.24, 2.45) is 11.8 Å². The molecule has 4 unspecified atom stereocenters. The fraction of sp³-hybridized carbons (Fsp3) is 1.00. The van der Waals surface area contributed by atoms with E-state index in [0.717, 1.165) is 25.0 Å². The van der Waals surface area contributed by atoms with Gasteiger partial charge in [-0.15, -0.1) is 0 Å². The first-order valence-corrected chi connectivity index (χ1v) is 6.54. The standard InChI is InChI=1S/C13H27NO/c1-5-10(3)9-12(14-6-2)13-11(4)7-8-15-13/h10-14H,5-9H2,1-4H3. The first kappa shape index (κ1) is 13.0. The molecule has 0 amide bonds. The summed E-state index contributed by atoms with van der Waals surface area (Å²) in [6, 6.07) is 0.558. The maximum atomic E-state index is 5.86. The number of likely N-dealkylation sites (N-methyl/N-ethyl adjacent to an activating group) is 1. The van der Waals surface area contributed by atoms with E-state index in [-0.39, 0.29) is 0 Å². The van der Waals surface area contributed by atoms with Gasteiger partial charge in [-0.05, 0) is 31.2 Å². The highest BCUT2D eigenvalue weighted by molar-refractivity contribution is 4.85. The Balaban J connectivity index is 2.48. The van der Waals surface area contributed by atoms with Crippen LogP contribution in [0.3, 0.4) is 0 Å². The van der Waals surface area contributed by atoms with E-state index in [4.69, 9.17) is 4.74 Å². The summed E-state index contributed by atoms with van der Waals surface area (Å²) in [5.41, 5.74) is 0. The van der Waals surface area contributed by atoms with Gasteiger partial charge in [0.2, 0.25) is 0 Å². The minimum absolute atomic E-state index is 0.443. The molecule has 0 spiro atoms. The highest BCUT2D eigenvalue weighted by Crippen LogP contribution is 2.26. The predicted octanol–water partition coefficient (Wildman–Crippen LogP) is 2.83. The quantitative estimate of drug-likeness (QED) is 0.732. The van der Waals surface area contributed by atoms with Crippen molar-refractivity contribution in [2.45, 2.75) is 59.1 Å². The number of nitrogens with one attached hydrogen (secondary N) is 1. The fourth-order valence-corrected chi connectivity index (χ4v) is 2.43. The Labute approximate surface area is 94.8 Å². The van der Waals surface area contributed by atoms with Crippen LogP contribution in [0.25, 0.3) is 0 Å². The van der Waals surface area contributed by atoms with Gasteiger partial charge in [0, 0.05) is 12.6 Å². The van der Waals surface area contributed by atoms with Crippen LogP contribution in [0.2, 0.25) is 0 Å². The van der Waals surface area contributed by atoms with Crippen LogP contribution in [-0.4, -0.2) is 25.3 Å². The van der Waals surface area contributed by atoms with Crippen molar-refractivity contribution in [1.29, 1.82) is 0 Å². The van der Waals surface area contributed by atoms with Crippen molar-refractivity contribution in [3.05, 3.63) is 0 Å². The molecule has 2 nitrogen and oxygen atoms in total. The third-order valence-electron chi connectivity index (χ3n) is 3.66. The van der Waals surface area contributed by atoms with Gasteiger partial charge in [0.1, 0.15) is 0 Å². The highest BCUT2D eigenvalue weighted by atomic mass is 16.5. The Morgan fingerprint density at radius 3 is 2.60 bits per heavy atom. The summed E-state index contributed by atoms with van der Waals surface area (Å²) >= 11 is 0. The van der Waals surface area contributed by atoms with E-state index in [1.165, 1.54) is 19.3 Å². The van der Waals surface area contributed by atoms with Gasteiger partial charge in [-0.25, -0.2) is 0 Å². The summed E-state index contributed by atoms with van der Waals surface area (Å²) in [6.07, 6.45) is 4.19. The zero-order valence-corrected chi connectivity index (χ0v) is 10.8. The molecule has 0 aromatic rings. The van der Waals surface area contributed by atoms with Gasteiger partial charge < -0.3 is 10.1 Å². The van der Waals surface area contributed by atoms with Crippen LogP contribution in [-0.2, 0) is 4.74 Å². The third kappa shape index (κ3) is 3.76. The summed E-state index contributed by atoms with van der Waals surface area (Å²) < 4.78 is 5.86. The normalized spacial score (nSPS) is 30.4. The number of hydrogen-bond acceptors (Lipinski definition) is 2. The van der Waals surface area contributed by atoms with Gasteiger partial charge in [0.05, 0.1) is 6.10 Å². The maximum Gasteiger partial charge on any atom is 0.0754 e. The minimum atomic E-state index is 0.443. The van der Waals surface area contributed by atoms with Gasteiger partial charge in [-0.2, -0.15) is 0 Å². The van der Waals surface area contributed by atoms with E-state index in [0.29, 0.717) is 12.1 Å². The van der Waals surface area contributed by atoms with Crippen molar-refractivity contribution >= 4 is 0 Å². The molecule has 2 heteroatoms. The predicted molar refractivity (Wildman–Crippen MR) is 65.1 cm³/mol. The summed E-state index contributed by atoms with van der Waals surface area (Å²) in [4.78, 5) is 0. The summed E-state index contributed by atoms with van der Waals surface area (Å²) in [5, 5.41) is 3.60. The van der Waals surface area contributed by atoms with Crippen molar-refractivity contribution in [3.63, 3.8) is 0 Å². The molecular formula is C13H27NO. The second-order valence-corrected chi connectivity index (χ2v) is 5.01. The average molecular weight is 213 g/mol. The zero-order valence-electron chi connectivity index (χ0n) is 10.8. The van der Waals surface area contributed by atoms with Crippen molar-refractivity contribution in [2.75, 3.05) is 13.2 Å². The monoisotopic (exact) mass is 213 g/mol. The molecule has 1 aliphatic heterocycles. The summed E-state index contributed by atoms with van der Waals surface area (Å²) in [5.74, 6) is 1.52. The highest BCUT2D eigenvalue weighted by Gasteiger charge is 2.31. The topological polar surface area (TPSA) is 21.3 Å². The molecule has 1 aliphatic rings. The van der Waals surface area contributed by atoms with Crippen LogP contribution in [0.1, 0.15) is 47.0 Å². The third-order valence-corrected chi connectivity index (χ3v) is 3.66. The second-order valence-electron chi connectivity index (χ2n) is 5.01. The SMILES string of the molecule is CCNC(CC(C)CC)C1OCCC1C. The van der Waals surface area contributed by atoms with E-state index in [1.807, 2.05) is 0 Å². The lowest BCUT2D eigenvalue weighted by atomic mass is 9.90. The molecule has 1 heterocycles. The van der Waals surface area contributed by atoms with Crippen molar-refractivity contribution in [3.8, 4) is 0 Å². The number of hydrogen-bond donors (Lipinski definition) is 1. The van der Waals surface area contributed by atoms with Gasteiger partial charge in [0.25, 0.3) is 0 Å². The van der Waals surface area contributed by atoms with E-state index in [2.05, 4.69) is 33.0 Å². The van der Waals surface area contributed by atoms with Crippen molar-refractivity contribution < 1.29 is 4.74 Å². The van der Waals surface area contributed by atoms with Crippen LogP contribution in [0.4, 0.5) is 0 Å². The Morgan fingerprint density at radius 1 is 1.40 bits per heavy atom. The van der Waals surface area contributed by atoms with Gasteiger partial charge >= 0.3 is 0 Å². The Morgan fingerprint density at radius 2 is 2.13 bits per heavy atom. The molecule has 1 rings (SSSR count). The molecule has 0 aromatic carbocycles. The molecule has 1 fully saturated rings. The maximum absolute atomic E-state index is 5.86. The average Bonchev–Trinajstić information content (AvgIpc) is 2.63. The zero-order chi connectivity index (χ0) is 11.3. The molecule has 1 saturated heterocycles. The first-order valence-electron chi connectivity index (χ1n) is 6.54. The lowest BCUT2D eigenvalue weighted by Crippen LogP contribution is -2.43. The van der Waals surface area contributed by atoms with E-state index < -0.39 is 0 Å².